The number of nitrogens with two attached hydrogens (primary N) is 1. The third kappa shape index (κ3) is 9.34. The van der Waals surface area contributed by atoms with Crippen molar-refractivity contribution in [2.24, 2.45) is 11.1 Å². The van der Waals surface area contributed by atoms with Gasteiger partial charge >= 0.3 is 0 Å². The molecule has 0 aliphatic carbocycles. The van der Waals surface area contributed by atoms with Crippen LogP contribution in [0.1, 0.15) is 40.5 Å². The molecule has 0 aromatic rings. The standard InChI is InChI=1S/C10H22N2O/c1-8(7-9(11)13)12-6-5-10(2,3)4/h8,12H,5-7H2,1-4H3,(H2,11,13). The van der Waals surface area contributed by atoms with Crippen LogP contribution in [0.25, 0.3) is 0 Å². The van der Waals surface area contributed by atoms with E-state index in [-0.39, 0.29) is 11.9 Å². The Hall–Kier alpha value is -0.570. The van der Waals surface area contributed by atoms with E-state index in [1.54, 1.807) is 0 Å². The molecule has 3 nitrogen and oxygen atoms in total. The summed E-state index contributed by atoms with van der Waals surface area (Å²) in [5, 5.41) is 3.27. The van der Waals surface area contributed by atoms with E-state index in [9.17, 15) is 4.79 Å². The second kappa shape index (κ2) is 5.22. The molecule has 0 aromatic heterocycles. The summed E-state index contributed by atoms with van der Waals surface area (Å²) in [6.07, 6.45) is 1.53. The topological polar surface area (TPSA) is 55.1 Å². The number of hydrogen-bond donors (Lipinski definition) is 2. The normalized spacial score (nSPS) is 14.2. The first-order valence-corrected chi connectivity index (χ1v) is 4.83. The molecular formula is C10H22N2O. The molecule has 0 fully saturated rings. The van der Waals surface area contributed by atoms with E-state index in [2.05, 4.69) is 26.1 Å². The quantitative estimate of drug-likeness (QED) is 0.679. The molecular weight excluding hydrogens is 164 g/mol. The summed E-state index contributed by atoms with van der Waals surface area (Å²) < 4.78 is 0. The molecule has 0 radical (unpaired) electrons. The molecule has 0 spiro atoms. The van der Waals surface area contributed by atoms with Crippen LogP contribution in [0, 0.1) is 5.41 Å². The predicted molar refractivity (Wildman–Crippen MR) is 55.3 cm³/mol. The molecule has 3 heteroatoms. The van der Waals surface area contributed by atoms with Crippen molar-refractivity contribution >= 4 is 5.91 Å². The van der Waals surface area contributed by atoms with Gasteiger partial charge in [-0.3, -0.25) is 4.79 Å². The Morgan fingerprint density at radius 3 is 2.38 bits per heavy atom. The lowest BCUT2D eigenvalue weighted by atomic mass is 9.92. The highest BCUT2D eigenvalue weighted by molar-refractivity contribution is 5.74. The zero-order valence-electron chi connectivity index (χ0n) is 9.18. The fourth-order valence-electron chi connectivity index (χ4n) is 1.07. The number of primary amides is 1. The Morgan fingerprint density at radius 1 is 1.46 bits per heavy atom. The van der Waals surface area contributed by atoms with Crippen molar-refractivity contribution in [3.05, 3.63) is 0 Å². The van der Waals surface area contributed by atoms with Gasteiger partial charge in [-0.25, -0.2) is 0 Å². The first-order valence-electron chi connectivity index (χ1n) is 4.83. The molecule has 0 aliphatic heterocycles. The van der Waals surface area contributed by atoms with Crippen LogP contribution in [0.2, 0.25) is 0 Å². The highest BCUT2D eigenvalue weighted by Gasteiger charge is 2.10. The van der Waals surface area contributed by atoms with Crippen molar-refractivity contribution in [1.82, 2.24) is 5.32 Å². The van der Waals surface area contributed by atoms with Gasteiger partial charge in [0, 0.05) is 12.5 Å². The van der Waals surface area contributed by atoms with E-state index < -0.39 is 0 Å². The van der Waals surface area contributed by atoms with Gasteiger partial charge in [0.15, 0.2) is 0 Å². The Morgan fingerprint density at radius 2 is 2.00 bits per heavy atom. The number of carbonyl (C=O) groups is 1. The van der Waals surface area contributed by atoms with Gasteiger partial charge in [-0.1, -0.05) is 20.8 Å². The van der Waals surface area contributed by atoms with Gasteiger partial charge in [-0.2, -0.15) is 0 Å². The van der Waals surface area contributed by atoms with E-state index in [1.807, 2.05) is 6.92 Å². The first-order chi connectivity index (χ1) is 5.81. The van der Waals surface area contributed by atoms with Gasteiger partial charge in [0.1, 0.15) is 0 Å². The minimum Gasteiger partial charge on any atom is -0.370 e. The molecule has 0 saturated carbocycles. The minimum atomic E-state index is -0.240. The van der Waals surface area contributed by atoms with Crippen molar-refractivity contribution < 1.29 is 4.79 Å². The van der Waals surface area contributed by atoms with Crippen LogP contribution in [0.4, 0.5) is 0 Å². The zero-order valence-corrected chi connectivity index (χ0v) is 9.18. The number of carbonyl (C=O) groups excluding carboxylic acids is 1. The molecule has 1 atom stereocenters. The second-order valence-electron chi connectivity index (χ2n) is 4.84. The van der Waals surface area contributed by atoms with Crippen molar-refractivity contribution in [3.8, 4) is 0 Å². The molecule has 0 aliphatic rings. The van der Waals surface area contributed by atoms with E-state index in [4.69, 9.17) is 5.73 Å². The smallest absolute Gasteiger partial charge is 0.218 e. The maximum atomic E-state index is 10.6. The van der Waals surface area contributed by atoms with Gasteiger partial charge in [0.05, 0.1) is 0 Å². The monoisotopic (exact) mass is 186 g/mol. The average Bonchev–Trinajstić information content (AvgIpc) is 1.81. The van der Waals surface area contributed by atoms with E-state index in [0.717, 1.165) is 13.0 Å². The summed E-state index contributed by atoms with van der Waals surface area (Å²) in [6.45, 7) is 9.53. The van der Waals surface area contributed by atoms with E-state index >= 15 is 0 Å². The number of amides is 1. The van der Waals surface area contributed by atoms with Crippen LogP contribution in [-0.2, 0) is 4.79 Å². The Balaban J connectivity index is 3.48. The maximum absolute atomic E-state index is 10.6. The van der Waals surface area contributed by atoms with Crippen LogP contribution in [0.3, 0.4) is 0 Å². The highest BCUT2D eigenvalue weighted by atomic mass is 16.1. The third-order valence-corrected chi connectivity index (χ3v) is 1.88. The summed E-state index contributed by atoms with van der Waals surface area (Å²) in [5.41, 5.74) is 5.42. The lowest BCUT2D eigenvalue weighted by Gasteiger charge is -2.20. The summed E-state index contributed by atoms with van der Waals surface area (Å²) in [5.74, 6) is -0.240. The molecule has 78 valence electrons. The molecule has 0 bridgehead atoms. The van der Waals surface area contributed by atoms with Crippen molar-refractivity contribution in [2.45, 2.75) is 46.6 Å². The molecule has 13 heavy (non-hydrogen) atoms. The van der Waals surface area contributed by atoms with Gasteiger partial charge in [0.2, 0.25) is 5.91 Å². The lowest BCUT2D eigenvalue weighted by Crippen LogP contribution is -2.33. The van der Waals surface area contributed by atoms with Gasteiger partial charge in [-0.05, 0) is 25.3 Å². The fraction of sp³-hybridized carbons (Fsp3) is 0.900. The largest absolute Gasteiger partial charge is 0.370 e. The van der Waals surface area contributed by atoms with Crippen LogP contribution >= 0.6 is 0 Å². The van der Waals surface area contributed by atoms with E-state index in [1.165, 1.54) is 0 Å². The van der Waals surface area contributed by atoms with Crippen LogP contribution in [-0.4, -0.2) is 18.5 Å². The highest BCUT2D eigenvalue weighted by Crippen LogP contribution is 2.17. The summed E-state index contributed by atoms with van der Waals surface area (Å²) in [4.78, 5) is 10.6. The SMILES string of the molecule is CC(CC(N)=O)NCCC(C)(C)C. The average molecular weight is 186 g/mol. The van der Waals surface area contributed by atoms with Crippen molar-refractivity contribution in [2.75, 3.05) is 6.54 Å². The van der Waals surface area contributed by atoms with Gasteiger partial charge < -0.3 is 11.1 Å². The fourth-order valence-corrected chi connectivity index (χ4v) is 1.07. The summed E-state index contributed by atoms with van der Waals surface area (Å²) in [6, 6.07) is 0.194. The molecule has 0 aromatic carbocycles. The number of hydrogen-bond acceptors (Lipinski definition) is 2. The molecule has 0 heterocycles. The Labute approximate surface area is 81.1 Å². The van der Waals surface area contributed by atoms with Gasteiger partial charge in [0.25, 0.3) is 0 Å². The van der Waals surface area contributed by atoms with Crippen LogP contribution in [0.5, 0.6) is 0 Å². The second-order valence-corrected chi connectivity index (χ2v) is 4.84. The first kappa shape index (κ1) is 12.4. The molecule has 0 rings (SSSR count). The zero-order chi connectivity index (χ0) is 10.5. The van der Waals surface area contributed by atoms with Gasteiger partial charge in [-0.15, -0.1) is 0 Å². The predicted octanol–water partition coefficient (Wildman–Crippen LogP) is 1.28. The van der Waals surface area contributed by atoms with E-state index in [0.29, 0.717) is 11.8 Å². The molecule has 1 amide bonds. The molecule has 3 N–H and O–H groups in total. The van der Waals surface area contributed by atoms with Crippen LogP contribution in [0.15, 0.2) is 0 Å². The van der Waals surface area contributed by atoms with Crippen LogP contribution < -0.4 is 11.1 Å². The third-order valence-electron chi connectivity index (χ3n) is 1.88. The maximum Gasteiger partial charge on any atom is 0.218 e. The Kier molecular flexibility index (Phi) is 4.99. The number of rotatable bonds is 5. The van der Waals surface area contributed by atoms with Crippen molar-refractivity contribution in [1.29, 1.82) is 0 Å². The molecule has 0 saturated heterocycles. The summed E-state index contributed by atoms with van der Waals surface area (Å²) >= 11 is 0. The molecule has 1 unspecified atom stereocenters. The van der Waals surface area contributed by atoms with Crippen molar-refractivity contribution in [3.63, 3.8) is 0 Å². The number of nitrogens with one attached hydrogen (secondary N) is 1. The lowest BCUT2D eigenvalue weighted by molar-refractivity contribution is -0.118. The minimum absolute atomic E-state index is 0.194. The summed E-state index contributed by atoms with van der Waals surface area (Å²) in [7, 11) is 0. The Bertz CT molecular complexity index is 161.